The van der Waals surface area contributed by atoms with Crippen LogP contribution in [0.5, 0.6) is 0 Å². The van der Waals surface area contributed by atoms with E-state index >= 15 is 0 Å². The van der Waals surface area contributed by atoms with Crippen LogP contribution in [-0.2, 0) is 0 Å². The second kappa shape index (κ2) is 3.09. The highest BCUT2D eigenvalue weighted by atomic mass is 15.0. The standard InChI is InChI=1S/C7H10N4/c1-2-6(8)5-3-10-7(9)11-4-5/h3-4,8H,2H2,1H3,(H2,9,10,11). The fourth-order valence-electron chi connectivity index (χ4n) is 0.698. The van der Waals surface area contributed by atoms with Gasteiger partial charge in [0.15, 0.2) is 0 Å². The molecule has 0 radical (unpaired) electrons. The minimum Gasteiger partial charge on any atom is -0.368 e. The van der Waals surface area contributed by atoms with Crippen LogP contribution in [0.2, 0.25) is 0 Å². The maximum atomic E-state index is 7.43. The van der Waals surface area contributed by atoms with E-state index in [2.05, 4.69) is 9.97 Å². The van der Waals surface area contributed by atoms with Gasteiger partial charge in [-0.1, -0.05) is 6.92 Å². The lowest BCUT2D eigenvalue weighted by Gasteiger charge is -1.98. The van der Waals surface area contributed by atoms with Gasteiger partial charge in [0.1, 0.15) is 0 Å². The summed E-state index contributed by atoms with van der Waals surface area (Å²) in [5.41, 5.74) is 6.55. The Labute approximate surface area is 65.0 Å². The van der Waals surface area contributed by atoms with Crippen molar-refractivity contribution in [3.05, 3.63) is 18.0 Å². The van der Waals surface area contributed by atoms with E-state index in [1.807, 2.05) is 6.92 Å². The van der Waals surface area contributed by atoms with E-state index in [0.29, 0.717) is 12.1 Å². The van der Waals surface area contributed by atoms with Crippen LogP contribution in [-0.4, -0.2) is 15.7 Å². The van der Waals surface area contributed by atoms with Crippen molar-refractivity contribution in [2.75, 3.05) is 5.73 Å². The van der Waals surface area contributed by atoms with Crippen LogP contribution in [0.25, 0.3) is 0 Å². The third-order valence-corrected chi connectivity index (χ3v) is 1.37. The first kappa shape index (κ1) is 7.65. The van der Waals surface area contributed by atoms with E-state index in [9.17, 15) is 0 Å². The molecule has 0 amide bonds. The van der Waals surface area contributed by atoms with Gasteiger partial charge >= 0.3 is 0 Å². The Balaban J connectivity index is 2.90. The lowest BCUT2D eigenvalue weighted by Crippen LogP contribution is -2.01. The maximum absolute atomic E-state index is 7.43. The fraction of sp³-hybridized carbons (Fsp3) is 0.286. The van der Waals surface area contributed by atoms with Crippen LogP contribution in [0.1, 0.15) is 18.9 Å². The van der Waals surface area contributed by atoms with E-state index in [1.165, 1.54) is 0 Å². The van der Waals surface area contributed by atoms with Crippen LogP contribution >= 0.6 is 0 Å². The first-order chi connectivity index (χ1) is 5.24. The maximum Gasteiger partial charge on any atom is 0.219 e. The predicted molar refractivity (Wildman–Crippen MR) is 43.6 cm³/mol. The number of rotatable bonds is 2. The summed E-state index contributed by atoms with van der Waals surface area (Å²) < 4.78 is 0. The highest BCUT2D eigenvalue weighted by molar-refractivity contribution is 5.97. The topological polar surface area (TPSA) is 75.7 Å². The van der Waals surface area contributed by atoms with Gasteiger partial charge in [-0.15, -0.1) is 0 Å². The van der Waals surface area contributed by atoms with Gasteiger partial charge in [0.25, 0.3) is 0 Å². The molecular weight excluding hydrogens is 140 g/mol. The summed E-state index contributed by atoms with van der Waals surface area (Å²) in [6.45, 7) is 1.92. The molecule has 0 fully saturated rings. The SMILES string of the molecule is CCC(=N)c1cnc(N)nc1. The number of anilines is 1. The van der Waals surface area contributed by atoms with Gasteiger partial charge in [0, 0.05) is 23.7 Å². The van der Waals surface area contributed by atoms with Crippen LogP contribution in [0.3, 0.4) is 0 Å². The Bertz CT molecular complexity index is 252. The first-order valence-electron chi connectivity index (χ1n) is 3.39. The van der Waals surface area contributed by atoms with E-state index in [4.69, 9.17) is 11.1 Å². The highest BCUT2D eigenvalue weighted by Gasteiger charge is 1.98. The molecule has 0 aliphatic heterocycles. The molecule has 0 aromatic carbocycles. The summed E-state index contributed by atoms with van der Waals surface area (Å²) in [6, 6.07) is 0. The van der Waals surface area contributed by atoms with Crippen molar-refractivity contribution in [1.82, 2.24) is 9.97 Å². The Hall–Kier alpha value is -1.45. The Morgan fingerprint density at radius 2 is 2.09 bits per heavy atom. The van der Waals surface area contributed by atoms with Gasteiger partial charge in [0.2, 0.25) is 5.95 Å². The molecular formula is C7H10N4. The third-order valence-electron chi connectivity index (χ3n) is 1.37. The molecule has 0 aliphatic rings. The molecule has 11 heavy (non-hydrogen) atoms. The van der Waals surface area contributed by atoms with Gasteiger partial charge in [-0.25, -0.2) is 9.97 Å². The minimum absolute atomic E-state index is 0.248. The smallest absolute Gasteiger partial charge is 0.219 e. The Morgan fingerprint density at radius 3 is 2.55 bits per heavy atom. The molecule has 1 heterocycles. The van der Waals surface area contributed by atoms with Crippen LogP contribution in [0.4, 0.5) is 5.95 Å². The molecule has 58 valence electrons. The van der Waals surface area contributed by atoms with E-state index in [1.54, 1.807) is 12.4 Å². The van der Waals surface area contributed by atoms with Gasteiger partial charge < -0.3 is 11.1 Å². The number of aromatic nitrogens is 2. The average molecular weight is 150 g/mol. The average Bonchev–Trinajstić information content (AvgIpc) is 2.05. The normalized spacial score (nSPS) is 9.55. The van der Waals surface area contributed by atoms with Crippen molar-refractivity contribution in [2.24, 2.45) is 0 Å². The van der Waals surface area contributed by atoms with Crippen molar-refractivity contribution >= 4 is 11.7 Å². The fourth-order valence-corrected chi connectivity index (χ4v) is 0.698. The Morgan fingerprint density at radius 1 is 1.55 bits per heavy atom. The van der Waals surface area contributed by atoms with Gasteiger partial charge in [-0.2, -0.15) is 0 Å². The lowest BCUT2D eigenvalue weighted by atomic mass is 10.2. The molecule has 4 heteroatoms. The molecule has 0 bridgehead atoms. The molecule has 0 atom stereocenters. The molecule has 1 aromatic rings. The molecule has 4 nitrogen and oxygen atoms in total. The summed E-state index contributed by atoms with van der Waals surface area (Å²) in [5.74, 6) is 0.248. The lowest BCUT2D eigenvalue weighted by molar-refractivity contribution is 1.15. The molecule has 1 rings (SSSR count). The van der Waals surface area contributed by atoms with Crippen molar-refractivity contribution in [2.45, 2.75) is 13.3 Å². The van der Waals surface area contributed by atoms with Crippen molar-refractivity contribution < 1.29 is 0 Å². The molecule has 1 aromatic heterocycles. The number of nitrogens with one attached hydrogen (secondary N) is 1. The zero-order chi connectivity index (χ0) is 8.27. The zero-order valence-corrected chi connectivity index (χ0v) is 6.33. The van der Waals surface area contributed by atoms with Crippen LogP contribution in [0, 0.1) is 5.41 Å². The van der Waals surface area contributed by atoms with Crippen molar-refractivity contribution in [1.29, 1.82) is 5.41 Å². The summed E-state index contributed by atoms with van der Waals surface area (Å²) in [4.78, 5) is 7.55. The predicted octanol–water partition coefficient (Wildman–Crippen LogP) is 0.837. The highest BCUT2D eigenvalue weighted by Crippen LogP contribution is 2.00. The number of nitrogens with zero attached hydrogens (tertiary/aromatic N) is 2. The Kier molecular flexibility index (Phi) is 2.15. The molecule has 0 spiro atoms. The number of nitrogens with two attached hydrogens (primary N) is 1. The number of hydrogen-bond donors (Lipinski definition) is 2. The largest absolute Gasteiger partial charge is 0.368 e. The summed E-state index contributed by atoms with van der Waals surface area (Å²) in [5, 5.41) is 7.43. The van der Waals surface area contributed by atoms with Crippen LogP contribution in [0.15, 0.2) is 12.4 Å². The second-order valence-corrected chi connectivity index (χ2v) is 2.16. The molecule has 0 saturated carbocycles. The number of hydrogen-bond acceptors (Lipinski definition) is 4. The molecule has 0 unspecified atom stereocenters. The zero-order valence-electron chi connectivity index (χ0n) is 6.33. The van der Waals surface area contributed by atoms with E-state index in [0.717, 1.165) is 5.56 Å². The third kappa shape index (κ3) is 1.73. The van der Waals surface area contributed by atoms with E-state index < -0.39 is 0 Å². The summed E-state index contributed by atoms with van der Waals surface area (Å²) >= 11 is 0. The van der Waals surface area contributed by atoms with E-state index in [-0.39, 0.29) is 5.95 Å². The van der Waals surface area contributed by atoms with Gasteiger partial charge in [0.05, 0.1) is 0 Å². The van der Waals surface area contributed by atoms with Crippen molar-refractivity contribution in [3.8, 4) is 0 Å². The first-order valence-corrected chi connectivity index (χ1v) is 3.39. The quantitative estimate of drug-likeness (QED) is 0.613. The summed E-state index contributed by atoms with van der Waals surface area (Å²) in [7, 11) is 0. The molecule has 0 saturated heterocycles. The second-order valence-electron chi connectivity index (χ2n) is 2.16. The molecule has 0 aliphatic carbocycles. The summed E-state index contributed by atoms with van der Waals surface area (Å²) in [6.07, 6.45) is 3.82. The van der Waals surface area contributed by atoms with Crippen molar-refractivity contribution in [3.63, 3.8) is 0 Å². The van der Waals surface area contributed by atoms with Crippen LogP contribution < -0.4 is 5.73 Å². The van der Waals surface area contributed by atoms with Gasteiger partial charge in [-0.05, 0) is 6.42 Å². The van der Waals surface area contributed by atoms with Gasteiger partial charge in [-0.3, -0.25) is 0 Å². The minimum atomic E-state index is 0.248. The molecule has 3 N–H and O–H groups in total. The monoisotopic (exact) mass is 150 g/mol. The number of nitrogen functional groups attached to an aromatic ring is 1.